The summed E-state index contributed by atoms with van der Waals surface area (Å²) in [6.07, 6.45) is 14.3. The van der Waals surface area contributed by atoms with Crippen molar-refractivity contribution < 1.29 is 107 Å². The zero-order valence-corrected chi connectivity index (χ0v) is 62.9. The third-order valence-corrected chi connectivity index (χ3v) is 18.5. The number of alkyl halides is 1. The molecule has 107 heavy (non-hydrogen) atoms. The molecule has 0 atom stereocenters. The second-order valence-electron chi connectivity index (χ2n) is 25.7. The van der Waals surface area contributed by atoms with Crippen LogP contribution < -0.4 is 69.7 Å². The maximum Gasteiger partial charge on any atom is 1.00 e. The van der Waals surface area contributed by atoms with E-state index in [1.165, 1.54) is 27.4 Å². The van der Waals surface area contributed by atoms with Crippen LogP contribution in [-0.4, -0.2) is 112 Å². The smallest absolute Gasteiger partial charge is 1.00 e. The zero-order valence-electron chi connectivity index (χ0n) is 61.1. The monoisotopic (exact) mass is 1470 g/mol. The molecule has 22 heteroatoms. The second kappa shape index (κ2) is 43.2. The molecular formula is C85H99B4ClN4NaO12+5. The molecule has 0 amide bonds. The van der Waals surface area contributed by atoms with E-state index in [-0.39, 0.29) is 66.7 Å². The molecule has 0 unspecified atom stereocenters. The summed E-state index contributed by atoms with van der Waals surface area (Å²) < 4.78 is 48.2. The van der Waals surface area contributed by atoms with Crippen LogP contribution in [0.25, 0.3) is 55.8 Å². The molecule has 0 radical (unpaired) electrons. The number of rotatable bonds is 30. The van der Waals surface area contributed by atoms with Gasteiger partial charge in [-0.05, 0) is 105 Å². The van der Waals surface area contributed by atoms with Gasteiger partial charge in [0.25, 0.3) is 0 Å². The predicted molar refractivity (Wildman–Crippen MR) is 430 cm³/mol. The molecule has 1 fully saturated rings. The van der Waals surface area contributed by atoms with Crippen molar-refractivity contribution in [1.82, 2.24) is 0 Å². The minimum atomic E-state index is -1.59. The molecule has 0 bridgehead atoms. The third kappa shape index (κ3) is 23.5. The van der Waals surface area contributed by atoms with Crippen molar-refractivity contribution in [3.63, 3.8) is 0 Å². The molecule has 546 valence electrons. The summed E-state index contributed by atoms with van der Waals surface area (Å²) in [6.45, 7) is 14.6. The van der Waals surface area contributed by atoms with Gasteiger partial charge < -0.3 is 59.5 Å². The van der Waals surface area contributed by atoms with Crippen LogP contribution in [-0.2, 0) is 80.1 Å². The number of ether oxygens (including phenoxy) is 3. The van der Waals surface area contributed by atoms with Gasteiger partial charge in [0.05, 0.1) is 46.8 Å². The fourth-order valence-corrected chi connectivity index (χ4v) is 13.2. The Morgan fingerprint density at radius 2 is 0.879 bits per heavy atom. The predicted octanol–water partition coefficient (Wildman–Crippen LogP) is 6.44. The maximum absolute atomic E-state index is 10.1. The van der Waals surface area contributed by atoms with Gasteiger partial charge in [-0.25, -0.2) is 0 Å². The molecule has 5 heterocycles. The number of aliphatic hydroxyl groups is 2. The van der Waals surface area contributed by atoms with Crippen molar-refractivity contribution in [2.45, 2.75) is 86.0 Å². The van der Waals surface area contributed by atoms with E-state index in [0.29, 0.717) is 82.5 Å². The van der Waals surface area contributed by atoms with Crippen molar-refractivity contribution in [1.29, 1.82) is 0 Å². The Morgan fingerprint density at radius 1 is 0.477 bits per heavy atom. The first kappa shape index (κ1) is 84.6. The minimum absolute atomic E-state index is 0. The first-order valence-corrected chi connectivity index (χ1v) is 35.7. The largest absolute Gasteiger partial charge is 1.00 e. The van der Waals surface area contributed by atoms with Crippen LogP contribution in [0.4, 0.5) is 0 Å². The van der Waals surface area contributed by atoms with Gasteiger partial charge in [-0.15, -0.1) is 11.6 Å². The Morgan fingerprint density at radius 3 is 1.32 bits per heavy atom. The Bertz CT molecular complexity index is 4830. The van der Waals surface area contributed by atoms with E-state index in [4.69, 9.17) is 49.5 Å². The molecule has 16 nitrogen and oxygen atoms in total. The molecule has 1 aliphatic heterocycles. The number of hydrogen-bond donors (Lipinski definition) is 5. The van der Waals surface area contributed by atoms with Gasteiger partial charge in [0.1, 0.15) is 6.61 Å². The molecule has 13 rings (SSSR count). The van der Waals surface area contributed by atoms with E-state index in [1.807, 2.05) is 122 Å². The van der Waals surface area contributed by atoms with E-state index < -0.39 is 14.2 Å². The van der Waals surface area contributed by atoms with E-state index in [0.717, 1.165) is 115 Å². The van der Waals surface area contributed by atoms with Crippen LogP contribution in [0.5, 0.6) is 0 Å². The van der Waals surface area contributed by atoms with Crippen LogP contribution >= 0.6 is 11.6 Å². The first-order valence-electron chi connectivity index (χ1n) is 35.2. The van der Waals surface area contributed by atoms with Crippen LogP contribution in [0, 0.1) is 0 Å². The average Bonchev–Trinajstić information content (AvgIpc) is 0.771. The fourth-order valence-electron chi connectivity index (χ4n) is 13.1. The molecule has 0 aliphatic carbocycles. The number of pyridine rings is 4. The number of aliphatic hydroxyl groups excluding tert-OH is 1. The minimum Gasteiger partial charge on any atom is -1.00 e. The standard InChI is InChI=1S/C39H40B2N2O6.C35H40B2N2O6.C9H9Cl.2CH4.Na.H/c1-2-29-11-13-30(14-12-29)27-48-19-6-20-49-28-33-21-32(23-35(24-33)41(46)47)26-43-18-5-10-37-36-9-4-17-42(38(36)15-16-39(37)43)25-31-7-3-8-34(22-31)40(44)45;1-41-36(42-2)30-9-3-8-27(21-30)24-38-14-4-10-32-33-11-5-15-39(35(33)13-12-34(32)38)25-28-20-29(26-43-17-6-16-40)23-31(22-28)37-44-18-7-19-45-37;1-2-8-3-5-9(7-10)6-4-8;;;;/h2-5,7-18,21-24,44-47H,1,6,19-20,25-28H2;3-5,8-15,20-23,40H,6-7,16-19,24-26H2,1-2H3;2-6H,1,7H2;2*1H4;;/q2*+2;;;;+1;-1/p+1. The van der Waals surface area contributed by atoms with Gasteiger partial charge >= 0.3 is 58.0 Å². The van der Waals surface area contributed by atoms with Gasteiger partial charge in [-0.1, -0.05) is 155 Å². The molecule has 8 aromatic carbocycles. The maximum atomic E-state index is 10.1. The average molecular weight is 1470 g/mol. The normalized spacial score (nSPS) is 11.7. The number of fused-ring (bicyclic) bond motifs is 6. The van der Waals surface area contributed by atoms with Crippen LogP contribution in [0.1, 0.15) is 91.2 Å². The first-order chi connectivity index (χ1) is 50.9. The van der Waals surface area contributed by atoms with Gasteiger partial charge in [0.15, 0.2) is 51.0 Å². The van der Waals surface area contributed by atoms with Gasteiger partial charge in [-0.3, -0.25) is 0 Å². The zero-order chi connectivity index (χ0) is 72.6. The van der Waals surface area contributed by atoms with Gasteiger partial charge in [0, 0.05) is 130 Å². The van der Waals surface area contributed by atoms with Crippen LogP contribution in [0.2, 0.25) is 0 Å². The quantitative estimate of drug-likeness (QED) is 0.00834. The summed E-state index contributed by atoms with van der Waals surface area (Å²) in [5.74, 6) is 0.581. The van der Waals surface area contributed by atoms with E-state index in [9.17, 15) is 20.1 Å². The Labute approximate surface area is 660 Å². The summed E-state index contributed by atoms with van der Waals surface area (Å²) >= 11 is 5.60. The summed E-state index contributed by atoms with van der Waals surface area (Å²) in [5.41, 5.74) is 18.1. The van der Waals surface area contributed by atoms with Crippen molar-refractivity contribution in [3.05, 3.63) is 300 Å². The Hall–Kier alpha value is -8.05. The van der Waals surface area contributed by atoms with Crippen LogP contribution in [0.3, 0.4) is 0 Å². The molecule has 0 spiro atoms. The topological polar surface area (TPSA) is 185 Å². The van der Waals surface area contributed by atoms with Crippen LogP contribution in [0.15, 0.2) is 244 Å². The number of halogens is 1. The summed E-state index contributed by atoms with van der Waals surface area (Å²) in [4.78, 5) is 0. The molecule has 1 aliphatic rings. The number of benzene rings is 8. The molecule has 6 N–H and O–H groups in total. The van der Waals surface area contributed by atoms with Gasteiger partial charge in [-0.2, -0.15) is 18.3 Å². The van der Waals surface area contributed by atoms with E-state index in [1.54, 1.807) is 26.4 Å². The molecule has 12 aromatic rings. The van der Waals surface area contributed by atoms with Crippen molar-refractivity contribution in [2.75, 3.05) is 53.9 Å². The number of hydrogen-bond acceptors (Lipinski definition) is 11. The summed E-state index contributed by atoms with van der Waals surface area (Å²) in [6, 6.07) is 69.6. The van der Waals surface area contributed by atoms with Gasteiger partial charge in [0.2, 0.25) is 22.1 Å². The summed E-state index contributed by atoms with van der Waals surface area (Å²) in [5, 5.41) is 53.1. The summed E-state index contributed by atoms with van der Waals surface area (Å²) in [7, 11) is -0.423. The Kier molecular flexibility index (Phi) is 34.2. The molecule has 0 saturated carbocycles. The van der Waals surface area contributed by atoms with Crippen molar-refractivity contribution >= 4 is 118 Å². The number of nitrogens with zero attached hydrogens (tertiary/aromatic N) is 4. The van der Waals surface area contributed by atoms with Crippen molar-refractivity contribution in [3.8, 4) is 0 Å². The van der Waals surface area contributed by atoms with E-state index >= 15 is 0 Å². The number of aromatic nitrogens is 4. The fraction of sp³-hybridized carbons (Fsp3) is 0.247. The van der Waals surface area contributed by atoms with Crippen molar-refractivity contribution in [2.24, 2.45) is 0 Å². The molecule has 4 aromatic heterocycles. The Balaban J connectivity index is 0.000000258. The molecular weight excluding hydrogens is 1370 g/mol. The molecule has 1 saturated heterocycles. The SMILES string of the molecule is C.C.C=Cc1ccc(CCl)cc1.C=Cc1ccc(COCCCOCc2cc(C[n+]3cccc4c5ccc[n+](Cc6cccc(B(O)O)c6)c5ccc43)cc(B(O)O)c2)cc1.COB(OC)c1cccc(C[n+]2cccc3c4ccc[n+](Cc5cc(COCCCO)cc(B6OCCC[OH+]6)c5)c4ccc32)c1.[H-].[Na+]. The van der Waals surface area contributed by atoms with E-state index in [2.05, 4.69) is 141 Å². The second-order valence-corrected chi connectivity index (χ2v) is 26.0. The third-order valence-electron chi connectivity index (χ3n) is 18.2.